The molecule has 2 rings (SSSR count). The van der Waals surface area contributed by atoms with Gasteiger partial charge in [-0.1, -0.05) is 0 Å². The zero-order chi connectivity index (χ0) is 12.1. The number of nitrogens with zero attached hydrogens (tertiary/aromatic N) is 1. The predicted molar refractivity (Wildman–Crippen MR) is 66.8 cm³/mol. The van der Waals surface area contributed by atoms with E-state index in [4.69, 9.17) is 9.15 Å². The number of rotatable bonds is 6. The van der Waals surface area contributed by atoms with Crippen molar-refractivity contribution >= 4 is 0 Å². The van der Waals surface area contributed by atoms with Gasteiger partial charge in [0.25, 0.3) is 0 Å². The van der Waals surface area contributed by atoms with E-state index in [1.54, 1.807) is 6.26 Å². The fraction of sp³-hybridized carbons (Fsp3) is 0.692. The molecule has 1 atom stereocenters. The number of nitrogens with one attached hydrogen (secondary N) is 1. The molecule has 2 heterocycles. The van der Waals surface area contributed by atoms with E-state index in [1.165, 1.54) is 18.4 Å². The highest BCUT2D eigenvalue weighted by atomic mass is 16.5. The lowest BCUT2D eigenvalue weighted by Gasteiger charge is -2.20. The van der Waals surface area contributed by atoms with Crippen molar-refractivity contribution in [2.24, 2.45) is 0 Å². The van der Waals surface area contributed by atoms with Crippen LogP contribution in [0.1, 0.15) is 24.2 Å². The van der Waals surface area contributed by atoms with E-state index in [1.807, 2.05) is 7.05 Å². The van der Waals surface area contributed by atoms with Crippen molar-refractivity contribution < 1.29 is 9.15 Å². The summed E-state index contributed by atoms with van der Waals surface area (Å²) in [6, 6.07) is 2.05. The number of ether oxygens (including phenoxy) is 1. The Morgan fingerprint density at radius 3 is 3.12 bits per heavy atom. The Hall–Kier alpha value is -0.840. The molecule has 96 valence electrons. The first-order valence-electron chi connectivity index (χ1n) is 6.29. The molecule has 0 saturated carbocycles. The highest BCUT2D eigenvalue weighted by Gasteiger charge is 2.18. The fourth-order valence-corrected chi connectivity index (χ4v) is 2.31. The second kappa shape index (κ2) is 6.19. The van der Waals surface area contributed by atoms with Crippen molar-refractivity contribution in [1.82, 2.24) is 10.2 Å². The van der Waals surface area contributed by atoms with Crippen molar-refractivity contribution in [3.63, 3.8) is 0 Å². The Morgan fingerprint density at radius 1 is 1.53 bits per heavy atom. The Labute approximate surface area is 103 Å². The first kappa shape index (κ1) is 12.6. The molecular weight excluding hydrogens is 216 g/mol. The number of hydrogen-bond donors (Lipinski definition) is 1. The number of hydrogen-bond acceptors (Lipinski definition) is 4. The van der Waals surface area contributed by atoms with E-state index in [0.29, 0.717) is 6.10 Å². The van der Waals surface area contributed by atoms with Crippen LogP contribution in [0.4, 0.5) is 0 Å². The Morgan fingerprint density at radius 2 is 2.41 bits per heavy atom. The van der Waals surface area contributed by atoms with Crippen LogP contribution in [0.15, 0.2) is 16.7 Å². The second-order valence-electron chi connectivity index (χ2n) is 4.73. The molecule has 1 N–H and O–H groups in total. The van der Waals surface area contributed by atoms with Gasteiger partial charge in [-0.2, -0.15) is 0 Å². The molecule has 1 fully saturated rings. The van der Waals surface area contributed by atoms with Gasteiger partial charge in [0.05, 0.1) is 18.9 Å². The van der Waals surface area contributed by atoms with Crippen LogP contribution in [0.3, 0.4) is 0 Å². The Bertz CT molecular complexity index is 332. The van der Waals surface area contributed by atoms with Crippen molar-refractivity contribution in [2.45, 2.75) is 32.0 Å². The maximum absolute atomic E-state index is 5.64. The van der Waals surface area contributed by atoms with Crippen LogP contribution in [0, 0.1) is 0 Å². The molecule has 1 aromatic rings. The summed E-state index contributed by atoms with van der Waals surface area (Å²) in [6.07, 6.45) is 4.58. The third kappa shape index (κ3) is 3.56. The minimum atomic E-state index is 0.416. The van der Waals surface area contributed by atoms with Crippen LogP contribution >= 0.6 is 0 Å². The smallest absolute Gasteiger partial charge is 0.122 e. The van der Waals surface area contributed by atoms with Gasteiger partial charge in [-0.25, -0.2) is 0 Å². The molecule has 1 aromatic heterocycles. The monoisotopic (exact) mass is 238 g/mol. The zero-order valence-electron chi connectivity index (χ0n) is 10.7. The average Bonchev–Trinajstić information content (AvgIpc) is 2.92. The van der Waals surface area contributed by atoms with Crippen molar-refractivity contribution in [2.75, 3.05) is 27.2 Å². The first-order chi connectivity index (χ1) is 8.29. The molecule has 1 unspecified atom stereocenters. The minimum Gasteiger partial charge on any atom is -0.468 e. The van der Waals surface area contributed by atoms with Crippen LogP contribution in [0.2, 0.25) is 0 Å². The summed E-state index contributed by atoms with van der Waals surface area (Å²) in [6.45, 7) is 3.64. The van der Waals surface area contributed by atoms with Crippen molar-refractivity contribution in [3.8, 4) is 0 Å². The van der Waals surface area contributed by atoms with Crippen LogP contribution < -0.4 is 5.32 Å². The van der Waals surface area contributed by atoms with E-state index < -0.39 is 0 Å². The summed E-state index contributed by atoms with van der Waals surface area (Å²) in [5.74, 6) is 1.03. The van der Waals surface area contributed by atoms with Crippen LogP contribution in [0.25, 0.3) is 0 Å². The zero-order valence-corrected chi connectivity index (χ0v) is 10.7. The van der Waals surface area contributed by atoms with Gasteiger partial charge in [-0.05, 0) is 33.0 Å². The van der Waals surface area contributed by atoms with E-state index in [0.717, 1.165) is 32.0 Å². The normalized spacial score (nSPS) is 20.3. The third-order valence-electron chi connectivity index (χ3n) is 3.15. The molecule has 1 saturated heterocycles. The van der Waals surface area contributed by atoms with E-state index >= 15 is 0 Å². The van der Waals surface area contributed by atoms with Crippen LogP contribution in [-0.4, -0.2) is 38.3 Å². The Kier molecular flexibility index (Phi) is 4.59. The topological polar surface area (TPSA) is 37.6 Å². The summed E-state index contributed by atoms with van der Waals surface area (Å²) in [5, 5.41) is 3.12. The average molecular weight is 238 g/mol. The second-order valence-corrected chi connectivity index (χ2v) is 4.73. The quantitative estimate of drug-likeness (QED) is 0.817. The van der Waals surface area contributed by atoms with Gasteiger partial charge in [-0.15, -0.1) is 0 Å². The van der Waals surface area contributed by atoms with Gasteiger partial charge in [0.15, 0.2) is 0 Å². The van der Waals surface area contributed by atoms with Gasteiger partial charge < -0.3 is 14.5 Å². The summed E-state index contributed by atoms with van der Waals surface area (Å²) in [5.41, 5.74) is 1.26. The molecule has 4 nitrogen and oxygen atoms in total. The predicted octanol–water partition coefficient (Wildman–Crippen LogP) is 1.61. The van der Waals surface area contributed by atoms with E-state index in [2.05, 4.69) is 23.3 Å². The summed E-state index contributed by atoms with van der Waals surface area (Å²) in [4.78, 5) is 2.31. The van der Waals surface area contributed by atoms with Gasteiger partial charge in [0.1, 0.15) is 5.76 Å². The Balaban J connectivity index is 1.83. The molecule has 0 radical (unpaired) electrons. The van der Waals surface area contributed by atoms with Gasteiger partial charge in [-0.3, -0.25) is 4.90 Å². The maximum Gasteiger partial charge on any atom is 0.122 e. The molecular formula is C13H22N2O2. The third-order valence-corrected chi connectivity index (χ3v) is 3.15. The van der Waals surface area contributed by atoms with Crippen LogP contribution in [0.5, 0.6) is 0 Å². The molecule has 0 aliphatic carbocycles. The lowest BCUT2D eigenvalue weighted by molar-refractivity contribution is 0.0791. The lowest BCUT2D eigenvalue weighted by Crippen LogP contribution is -2.28. The molecule has 1 aliphatic heterocycles. The molecule has 0 aromatic carbocycles. The SMILES string of the molecule is CNCc1occc1CN(C)CC1CCCO1. The lowest BCUT2D eigenvalue weighted by atomic mass is 10.2. The maximum atomic E-state index is 5.64. The molecule has 1 aliphatic rings. The van der Waals surface area contributed by atoms with Gasteiger partial charge in [0, 0.05) is 25.3 Å². The standard InChI is InChI=1S/C13H22N2O2/c1-14-8-13-11(5-7-17-13)9-15(2)10-12-4-3-6-16-12/h5,7,12,14H,3-4,6,8-10H2,1-2H3. The highest BCUT2D eigenvalue weighted by molar-refractivity contribution is 5.16. The molecule has 0 spiro atoms. The minimum absolute atomic E-state index is 0.416. The molecule has 17 heavy (non-hydrogen) atoms. The molecule has 4 heteroatoms. The first-order valence-corrected chi connectivity index (χ1v) is 6.29. The fourth-order valence-electron chi connectivity index (χ4n) is 2.31. The van der Waals surface area contributed by atoms with Gasteiger partial charge in [0.2, 0.25) is 0 Å². The number of likely N-dealkylation sites (N-methyl/N-ethyl adjacent to an activating group) is 1. The summed E-state index contributed by atoms with van der Waals surface area (Å²) in [7, 11) is 4.07. The summed E-state index contributed by atoms with van der Waals surface area (Å²) < 4.78 is 11.1. The molecule has 0 bridgehead atoms. The van der Waals surface area contributed by atoms with Gasteiger partial charge >= 0.3 is 0 Å². The summed E-state index contributed by atoms with van der Waals surface area (Å²) >= 11 is 0. The largest absolute Gasteiger partial charge is 0.468 e. The number of furan rings is 1. The van der Waals surface area contributed by atoms with Crippen molar-refractivity contribution in [1.29, 1.82) is 0 Å². The van der Waals surface area contributed by atoms with Crippen LogP contribution in [-0.2, 0) is 17.8 Å². The molecule has 0 amide bonds. The highest BCUT2D eigenvalue weighted by Crippen LogP contribution is 2.16. The van der Waals surface area contributed by atoms with E-state index in [9.17, 15) is 0 Å². The van der Waals surface area contributed by atoms with Crippen molar-refractivity contribution in [3.05, 3.63) is 23.7 Å². The van der Waals surface area contributed by atoms with E-state index in [-0.39, 0.29) is 0 Å².